The minimum Gasteiger partial charge on any atom is -0.441 e. The number of rotatable bonds is 1. The number of nitrogens with zero attached hydrogens (tertiary/aromatic N) is 1. The minimum absolute atomic E-state index is 0.110. The number of hydrogen-bond acceptors (Lipinski definition) is 3. The predicted octanol–water partition coefficient (Wildman–Crippen LogP) is 2.77. The second-order valence-electron chi connectivity index (χ2n) is 4.24. The first-order valence-corrected chi connectivity index (χ1v) is 5.19. The van der Waals surface area contributed by atoms with Crippen molar-refractivity contribution in [1.82, 2.24) is 4.98 Å². The highest BCUT2D eigenvalue weighted by molar-refractivity contribution is 5.73. The zero-order chi connectivity index (χ0) is 10.5. The molecule has 1 aromatic heterocycles. The molecule has 1 aliphatic rings. The van der Waals surface area contributed by atoms with Gasteiger partial charge in [0.25, 0.3) is 0 Å². The third-order valence-corrected chi connectivity index (χ3v) is 3.10. The highest BCUT2D eigenvalue weighted by Gasteiger charge is 2.35. The molecule has 15 heavy (non-hydrogen) atoms. The highest BCUT2D eigenvalue weighted by atomic mass is 16.5. The molecule has 0 aliphatic carbocycles. The Hall–Kier alpha value is -1.35. The maximum Gasteiger partial charge on any atom is 0.192 e. The first-order valence-electron chi connectivity index (χ1n) is 5.19. The van der Waals surface area contributed by atoms with Gasteiger partial charge in [-0.15, -0.1) is 0 Å². The van der Waals surface area contributed by atoms with Crippen LogP contribution in [0.5, 0.6) is 0 Å². The molecule has 3 nitrogen and oxygen atoms in total. The third-order valence-electron chi connectivity index (χ3n) is 3.10. The summed E-state index contributed by atoms with van der Waals surface area (Å²) in [6, 6.07) is 6.09. The Balaban J connectivity index is 2.13. The Morgan fingerprint density at radius 1 is 1.40 bits per heavy atom. The van der Waals surface area contributed by atoms with Crippen molar-refractivity contribution in [2.24, 2.45) is 0 Å². The Kier molecular flexibility index (Phi) is 1.68. The second kappa shape index (κ2) is 2.83. The van der Waals surface area contributed by atoms with Crippen molar-refractivity contribution in [3.8, 4) is 0 Å². The van der Waals surface area contributed by atoms with Gasteiger partial charge in [-0.05, 0) is 24.6 Å². The molecule has 1 atom stereocenters. The average molecular weight is 203 g/mol. The number of fused-ring (bicyclic) bond motifs is 1. The van der Waals surface area contributed by atoms with Gasteiger partial charge in [0.05, 0.1) is 12.2 Å². The molecule has 2 heterocycles. The number of aryl methyl sites for hydroxylation is 1. The Labute approximate surface area is 88.1 Å². The summed E-state index contributed by atoms with van der Waals surface area (Å²) < 4.78 is 11.0. The predicted molar refractivity (Wildman–Crippen MR) is 56.7 cm³/mol. The fourth-order valence-electron chi connectivity index (χ4n) is 2.01. The SMILES string of the molecule is Cc1nc2cc(C3(C)CCO3)ccc2o1. The van der Waals surface area contributed by atoms with Gasteiger partial charge in [-0.1, -0.05) is 6.07 Å². The third kappa shape index (κ3) is 1.27. The first kappa shape index (κ1) is 8.92. The minimum atomic E-state index is -0.110. The van der Waals surface area contributed by atoms with Crippen LogP contribution < -0.4 is 0 Å². The van der Waals surface area contributed by atoms with Crippen molar-refractivity contribution in [1.29, 1.82) is 0 Å². The van der Waals surface area contributed by atoms with Crippen molar-refractivity contribution in [3.63, 3.8) is 0 Å². The summed E-state index contributed by atoms with van der Waals surface area (Å²) in [5, 5.41) is 0. The average Bonchev–Trinajstić information content (AvgIpc) is 2.53. The van der Waals surface area contributed by atoms with Gasteiger partial charge in [0, 0.05) is 13.3 Å². The van der Waals surface area contributed by atoms with E-state index in [-0.39, 0.29) is 5.60 Å². The Morgan fingerprint density at radius 3 is 2.87 bits per heavy atom. The van der Waals surface area contributed by atoms with Crippen LogP contribution in [0.3, 0.4) is 0 Å². The molecule has 78 valence electrons. The van der Waals surface area contributed by atoms with Crippen LogP contribution in [0.25, 0.3) is 11.1 Å². The molecule has 1 aliphatic heterocycles. The molecule has 1 aromatic carbocycles. The summed E-state index contributed by atoms with van der Waals surface area (Å²) in [5.41, 5.74) is 2.84. The molecular weight excluding hydrogens is 190 g/mol. The molecule has 0 saturated carbocycles. The molecule has 1 unspecified atom stereocenters. The van der Waals surface area contributed by atoms with E-state index in [0.717, 1.165) is 24.1 Å². The van der Waals surface area contributed by atoms with E-state index in [1.54, 1.807) is 0 Å². The summed E-state index contributed by atoms with van der Waals surface area (Å²) >= 11 is 0. The summed E-state index contributed by atoms with van der Waals surface area (Å²) in [4.78, 5) is 4.32. The molecule has 0 spiro atoms. The van der Waals surface area contributed by atoms with Gasteiger partial charge in [0.2, 0.25) is 0 Å². The molecule has 0 bridgehead atoms. The maximum atomic E-state index is 5.60. The lowest BCUT2D eigenvalue weighted by molar-refractivity contribution is -0.140. The molecule has 2 aromatic rings. The lowest BCUT2D eigenvalue weighted by Crippen LogP contribution is -2.37. The van der Waals surface area contributed by atoms with E-state index in [1.807, 2.05) is 13.0 Å². The van der Waals surface area contributed by atoms with E-state index in [0.29, 0.717) is 5.89 Å². The van der Waals surface area contributed by atoms with E-state index < -0.39 is 0 Å². The number of oxazole rings is 1. The van der Waals surface area contributed by atoms with E-state index in [9.17, 15) is 0 Å². The van der Waals surface area contributed by atoms with Crippen molar-refractivity contribution < 1.29 is 9.15 Å². The fourth-order valence-corrected chi connectivity index (χ4v) is 2.01. The van der Waals surface area contributed by atoms with Crippen molar-refractivity contribution in [2.45, 2.75) is 25.9 Å². The summed E-state index contributed by atoms with van der Waals surface area (Å²) in [6.45, 7) is 4.83. The first-order chi connectivity index (χ1) is 7.17. The molecule has 1 saturated heterocycles. The zero-order valence-electron chi connectivity index (χ0n) is 8.91. The van der Waals surface area contributed by atoms with Crippen molar-refractivity contribution in [3.05, 3.63) is 29.7 Å². The van der Waals surface area contributed by atoms with Gasteiger partial charge in [-0.25, -0.2) is 4.98 Å². The van der Waals surface area contributed by atoms with Crippen LogP contribution in [0.4, 0.5) is 0 Å². The fraction of sp³-hybridized carbons (Fsp3) is 0.417. The number of ether oxygens (including phenoxy) is 1. The normalized spacial score (nSPS) is 25.5. The molecule has 3 rings (SSSR count). The molecule has 0 amide bonds. The maximum absolute atomic E-state index is 5.60. The van der Waals surface area contributed by atoms with E-state index in [4.69, 9.17) is 9.15 Å². The quantitative estimate of drug-likeness (QED) is 0.714. The van der Waals surface area contributed by atoms with Crippen LogP contribution in [-0.4, -0.2) is 11.6 Å². The molecular formula is C12H13NO2. The van der Waals surface area contributed by atoms with Gasteiger partial charge in [0.1, 0.15) is 5.52 Å². The van der Waals surface area contributed by atoms with Crippen LogP contribution in [0, 0.1) is 6.92 Å². The topological polar surface area (TPSA) is 35.3 Å². The van der Waals surface area contributed by atoms with E-state index >= 15 is 0 Å². The standard InChI is InChI=1S/C12H13NO2/c1-8-13-10-7-9(3-4-11(10)15-8)12(2)5-6-14-12/h3-4,7H,5-6H2,1-2H3. The van der Waals surface area contributed by atoms with Crippen LogP contribution >= 0.6 is 0 Å². The lowest BCUT2D eigenvalue weighted by Gasteiger charge is -2.39. The molecule has 3 heteroatoms. The Morgan fingerprint density at radius 2 is 2.20 bits per heavy atom. The molecule has 0 radical (unpaired) electrons. The summed E-state index contributed by atoms with van der Waals surface area (Å²) in [6.07, 6.45) is 1.08. The summed E-state index contributed by atoms with van der Waals surface area (Å²) in [7, 11) is 0. The monoisotopic (exact) mass is 203 g/mol. The van der Waals surface area contributed by atoms with Gasteiger partial charge in [-0.2, -0.15) is 0 Å². The van der Waals surface area contributed by atoms with Crippen LogP contribution in [0.2, 0.25) is 0 Å². The van der Waals surface area contributed by atoms with Gasteiger partial charge in [0.15, 0.2) is 11.5 Å². The number of aromatic nitrogens is 1. The van der Waals surface area contributed by atoms with Gasteiger partial charge in [-0.3, -0.25) is 0 Å². The van der Waals surface area contributed by atoms with Crippen molar-refractivity contribution in [2.75, 3.05) is 6.61 Å². The number of benzene rings is 1. The largest absolute Gasteiger partial charge is 0.441 e. The van der Waals surface area contributed by atoms with Crippen LogP contribution in [0.15, 0.2) is 22.6 Å². The zero-order valence-corrected chi connectivity index (χ0v) is 8.91. The highest BCUT2D eigenvalue weighted by Crippen LogP contribution is 2.37. The molecule has 1 fully saturated rings. The molecule has 0 N–H and O–H groups in total. The second-order valence-corrected chi connectivity index (χ2v) is 4.24. The van der Waals surface area contributed by atoms with Crippen LogP contribution in [-0.2, 0) is 10.3 Å². The van der Waals surface area contributed by atoms with Crippen LogP contribution in [0.1, 0.15) is 24.8 Å². The van der Waals surface area contributed by atoms with E-state index in [2.05, 4.69) is 24.0 Å². The Bertz CT molecular complexity index is 511. The smallest absolute Gasteiger partial charge is 0.192 e. The lowest BCUT2D eigenvalue weighted by atomic mass is 9.88. The number of hydrogen-bond donors (Lipinski definition) is 0. The van der Waals surface area contributed by atoms with E-state index in [1.165, 1.54) is 5.56 Å². The van der Waals surface area contributed by atoms with Gasteiger partial charge >= 0.3 is 0 Å². The summed E-state index contributed by atoms with van der Waals surface area (Å²) in [5.74, 6) is 0.710. The van der Waals surface area contributed by atoms with Gasteiger partial charge < -0.3 is 9.15 Å². The van der Waals surface area contributed by atoms with Crippen molar-refractivity contribution >= 4 is 11.1 Å².